The van der Waals surface area contributed by atoms with Gasteiger partial charge in [-0.15, -0.1) is 0 Å². The smallest absolute Gasteiger partial charge is 0.328 e. The molecule has 0 spiro atoms. The molecule has 0 saturated carbocycles. The molecule has 1 unspecified atom stereocenters. The SMILES string of the molecule is Clc1ccc(COCC2CNCCO2)cc1Cl.O=C(O)/C=C\C(=O)O. The van der Waals surface area contributed by atoms with Crippen LogP contribution in [0, 0.1) is 0 Å². The van der Waals surface area contributed by atoms with Crippen molar-refractivity contribution in [3.8, 4) is 0 Å². The number of carbonyl (C=O) groups is 2. The normalized spacial score (nSPS) is 17.0. The Morgan fingerprint density at radius 1 is 1.24 bits per heavy atom. The molecule has 1 saturated heterocycles. The second-order valence-electron chi connectivity index (χ2n) is 4.97. The predicted molar refractivity (Wildman–Crippen MR) is 93.1 cm³/mol. The minimum absolute atomic E-state index is 0.145. The van der Waals surface area contributed by atoms with E-state index in [0.717, 1.165) is 25.3 Å². The van der Waals surface area contributed by atoms with Crippen molar-refractivity contribution in [2.75, 3.05) is 26.3 Å². The Bertz CT molecular complexity index is 586. The summed E-state index contributed by atoms with van der Waals surface area (Å²) in [5.74, 6) is -2.51. The van der Waals surface area contributed by atoms with E-state index in [4.69, 9.17) is 42.9 Å². The lowest BCUT2D eigenvalue weighted by Gasteiger charge is -2.23. The van der Waals surface area contributed by atoms with Crippen LogP contribution in [0.2, 0.25) is 10.0 Å². The van der Waals surface area contributed by atoms with Crippen LogP contribution in [-0.4, -0.2) is 54.6 Å². The fourth-order valence-corrected chi connectivity index (χ4v) is 2.13. The zero-order valence-electron chi connectivity index (χ0n) is 13.3. The number of benzene rings is 1. The Morgan fingerprint density at radius 3 is 2.44 bits per heavy atom. The Balaban J connectivity index is 0.000000333. The molecule has 0 amide bonds. The quantitative estimate of drug-likeness (QED) is 0.638. The van der Waals surface area contributed by atoms with Gasteiger partial charge in [-0.1, -0.05) is 29.3 Å². The molecule has 138 valence electrons. The van der Waals surface area contributed by atoms with E-state index in [1.165, 1.54) is 0 Å². The van der Waals surface area contributed by atoms with Gasteiger partial charge in [0, 0.05) is 25.2 Å². The van der Waals surface area contributed by atoms with Crippen LogP contribution in [0.3, 0.4) is 0 Å². The van der Waals surface area contributed by atoms with Crippen molar-refractivity contribution in [1.82, 2.24) is 5.32 Å². The molecule has 1 aliphatic rings. The van der Waals surface area contributed by atoms with Gasteiger partial charge >= 0.3 is 11.9 Å². The van der Waals surface area contributed by atoms with Gasteiger partial charge in [0.05, 0.1) is 36.0 Å². The van der Waals surface area contributed by atoms with Gasteiger partial charge in [0.2, 0.25) is 0 Å². The summed E-state index contributed by atoms with van der Waals surface area (Å²) in [6.07, 6.45) is 1.26. The van der Waals surface area contributed by atoms with E-state index in [-0.39, 0.29) is 6.10 Å². The highest BCUT2D eigenvalue weighted by Crippen LogP contribution is 2.22. The van der Waals surface area contributed by atoms with Gasteiger partial charge in [0.25, 0.3) is 0 Å². The van der Waals surface area contributed by atoms with Crippen molar-refractivity contribution < 1.29 is 29.3 Å². The highest BCUT2D eigenvalue weighted by Gasteiger charge is 2.13. The lowest BCUT2D eigenvalue weighted by molar-refractivity contribution is -0.134. The summed E-state index contributed by atoms with van der Waals surface area (Å²) in [5, 5.41) is 20.0. The van der Waals surface area contributed by atoms with E-state index in [1.54, 1.807) is 6.07 Å². The average molecular weight is 392 g/mol. The van der Waals surface area contributed by atoms with Crippen molar-refractivity contribution in [3.63, 3.8) is 0 Å². The number of ether oxygens (including phenoxy) is 2. The number of halogens is 2. The Morgan fingerprint density at radius 2 is 1.92 bits per heavy atom. The molecule has 9 heteroatoms. The third kappa shape index (κ3) is 10.1. The molecule has 1 heterocycles. The maximum atomic E-state index is 9.55. The summed E-state index contributed by atoms with van der Waals surface area (Å²) in [4.78, 5) is 19.1. The second-order valence-corrected chi connectivity index (χ2v) is 5.78. The van der Waals surface area contributed by atoms with E-state index in [0.29, 0.717) is 35.4 Å². The zero-order valence-corrected chi connectivity index (χ0v) is 14.8. The molecule has 25 heavy (non-hydrogen) atoms. The summed E-state index contributed by atoms with van der Waals surface area (Å²) in [6, 6.07) is 5.51. The maximum Gasteiger partial charge on any atom is 0.328 e. The first-order valence-electron chi connectivity index (χ1n) is 7.36. The van der Waals surface area contributed by atoms with Crippen LogP contribution in [0.15, 0.2) is 30.4 Å². The van der Waals surface area contributed by atoms with E-state index in [9.17, 15) is 9.59 Å². The van der Waals surface area contributed by atoms with Gasteiger partial charge in [0.15, 0.2) is 0 Å². The van der Waals surface area contributed by atoms with Crippen molar-refractivity contribution in [2.45, 2.75) is 12.7 Å². The molecule has 3 N–H and O–H groups in total. The van der Waals surface area contributed by atoms with Crippen molar-refractivity contribution >= 4 is 35.1 Å². The minimum Gasteiger partial charge on any atom is -0.478 e. The predicted octanol–water partition coefficient (Wildman–Crippen LogP) is 2.21. The summed E-state index contributed by atoms with van der Waals surface area (Å²) in [5.41, 5.74) is 1.02. The second kappa shape index (κ2) is 11.8. The first-order chi connectivity index (χ1) is 11.9. The van der Waals surface area contributed by atoms with Crippen LogP contribution in [0.4, 0.5) is 0 Å². The van der Waals surface area contributed by atoms with Crippen LogP contribution in [-0.2, 0) is 25.7 Å². The van der Waals surface area contributed by atoms with Crippen molar-refractivity contribution in [2.24, 2.45) is 0 Å². The lowest BCUT2D eigenvalue weighted by atomic mass is 10.2. The summed E-state index contributed by atoms with van der Waals surface area (Å²) in [7, 11) is 0. The number of hydrogen-bond acceptors (Lipinski definition) is 5. The van der Waals surface area contributed by atoms with E-state index < -0.39 is 11.9 Å². The van der Waals surface area contributed by atoms with Gasteiger partial charge in [-0.3, -0.25) is 0 Å². The average Bonchev–Trinajstić information content (AvgIpc) is 2.58. The third-order valence-electron chi connectivity index (χ3n) is 2.93. The standard InChI is InChI=1S/C12H15Cl2NO2.C4H4O4/c13-11-2-1-9(5-12(11)14)7-16-8-10-6-15-3-4-17-10;5-3(6)1-2-4(7)8/h1-2,5,10,15H,3-4,6-8H2;1-2H,(H,5,6)(H,7,8)/b;2-1-. The lowest BCUT2D eigenvalue weighted by Crippen LogP contribution is -2.40. The third-order valence-corrected chi connectivity index (χ3v) is 3.67. The van der Waals surface area contributed by atoms with Gasteiger partial charge in [0.1, 0.15) is 0 Å². The van der Waals surface area contributed by atoms with Crippen molar-refractivity contribution in [3.05, 3.63) is 46.0 Å². The van der Waals surface area contributed by atoms with Gasteiger partial charge < -0.3 is 25.0 Å². The number of rotatable bonds is 6. The van der Waals surface area contributed by atoms with Crippen LogP contribution in [0.1, 0.15) is 5.56 Å². The monoisotopic (exact) mass is 391 g/mol. The van der Waals surface area contributed by atoms with Crippen LogP contribution in [0.5, 0.6) is 0 Å². The molecule has 0 bridgehead atoms. The van der Waals surface area contributed by atoms with Gasteiger partial charge in [-0.2, -0.15) is 0 Å². The topological polar surface area (TPSA) is 105 Å². The van der Waals surface area contributed by atoms with Crippen LogP contribution < -0.4 is 5.32 Å². The Labute approximate surface area is 155 Å². The molecule has 1 fully saturated rings. The van der Waals surface area contributed by atoms with Crippen LogP contribution >= 0.6 is 23.2 Å². The van der Waals surface area contributed by atoms with E-state index >= 15 is 0 Å². The molecule has 0 aliphatic carbocycles. The molecule has 1 aromatic carbocycles. The number of carboxylic acid groups (broad SMARTS) is 2. The Hall–Kier alpha value is -1.64. The van der Waals surface area contributed by atoms with Gasteiger partial charge in [-0.05, 0) is 17.7 Å². The number of carboxylic acids is 2. The Kier molecular flexibility index (Phi) is 10.1. The molecular weight excluding hydrogens is 373 g/mol. The van der Waals surface area contributed by atoms with Crippen molar-refractivity contribution in [1.29, 1.82) is 0 Å². The van der Waals surface area contributed by atoms with E-state index in [1.807, 2.05) is 12.1 Å². The first-order valence-corrected chi connectivity index (χ1v) is 8.12. The van der Waals surface area contributed by atoms with E-state index in [2.05, 4.69) is 5.32 Å². The highest BCUT2D eigenvalue weighted by atomic mass is 35.5. The number of morpholine rings is 1. The molecule has 7 nitrogen and oxygen atoms in total. The largest absolute Gasteiger partial charge is 0.478 e. The highest BCUT2D eigenvalue weighted by molar-refractivity contribution is 6.42. The first kappa shape index (κ1) is 21.4. The summed E-state index contributed by atoms with van der Waals surface area (Å²) < 4.78 is 11.1. The summed E-state index contributed by atoms with van der Waals surface area (Å²) in [6.45, 7) is 3.63. The summed E-state index contributed by atoms with van der Waals surface area (Å²) >= 11 is 11.8. The fourth-order valence-electron chi connectivity index (χ4n) is 1.81. The maximum absolute atomic E-state index is 9.55. The molecule has 1 atom stereocenters. The molecule has 1 aliphatic heterocycles. The molecule has 0 aromatic heterocycles. The number of aliphatic carboxylic acids is 2. The minimum atomic E-state index is -1.26. The zero-order chi connectivity index (χ0) is 18.7. The van der Waals surface area contributed by atoms with Gasteiger partial charge in [-0.25, -0.2) is 9.59 Å². The molecule has 0 radical (unpaired) electrons. The molecule has 1 aromatic rings. The molecular formula is C16H19Cl2NO6. The van der Waals surface area contributed by atoms with Crippen LogP contribution in [0.25, 0.3) is 0 Å². The number of nitrogens with one attached hydrogen (secondary N) is 1. The number of hydrogen-bond donors (Lipinski definition) is 3. The molecule has 2 rings (SSSR count). The fraction of sp³-hybridized carbons (Fsp3) is 0.375.